The second-order valence-electron chi connectivity index (χ2n) is 8.48. The number of carboxylic acids is 1. The molecule has 0 fully saturated rings. The molecule has 34 heavy (non-hydrogen) atoms. The van der Waals surface area contributed by atoms with E-state index in [2.05, 4.69) is 17.3 Å². The first kappa shape index (κ1) is 25.3. The second-order valence-corrected chi connectivity index (χ2v) is 8.91. The summed E-state index contributed by atoms with van der Waals surface area (Å²) in [4.78, 5) is 23.3. The molecule has 0 aliphatic carbocycles. The molecule has 0 saturated carbocycles. The standard InChI is InChI=1S/C26H30ClN3O4/c1-5-6-23(19-7-9-20(10-8-19)25(31)28-13-18(4)26(32)33)34-22-11-16(2)24(17(3)12-22)30-15-21(27)14-29-30/h7-12,14-15,18,23H,5-6,13H2,1-4H3,(H,28,31)(H,32,33). The molecule has 0 aliphatic rings. The average molecular weight is 484 g/mol. The van der Waals surface area contributed by atoms with Gasteiger partial charge in [0.2, 0.25) is 0 Å². The maximum atomic E-state index is 12.3. The summed E-state index contributed by atoms with van der Waals surface area (Å²) in [7, 11) is 0. The first-order valence-electron chi connectivity index (χ1n) is 11.3. The van der Waals surface area contributed by atoms with Gasteiger partial charge in [-0.05, 0) is 61.2 Å². The molecule has 7 nitrogen and oxygen atoms in total. The van der Waals surface area contributed by atoms with E-state index in [1.54, 1.807) is 36.1 Å². The molecule has 0 spiro atoms. The van der Waals surface area contributed by atoms with Crippen LogP contribution in [0.15, 0.2) is 48.8 Å². The smallest absolute Gasteiger partial charge is 0.308 e. The fourth-order valence-corrected chi connectivity index (χ4v) is 3.91. The summed E-state index contributed by atoms with van der Waals surface area (Å²) in [5, 5.41) is 16.5. The van der Waals surface area contributed by atoms with Gasteiger partial charge in [-0.15, -0.1) is 0 Å². The Kier molecular flexibility index (Phi) is 8.34. The SMILES string of the molecule is CCCC(Oc1cc(C)c(-n2cc(Cl)cn2)c(C)c1)c1ccc(C(=O)NCC(C)C(=O)O)cc1. The number of aromatic nitrogens is 2. The van der Waals surface area contributed by atoms with Gasteiger partial charge in [-0.3, -0.25) is 9.59 Å². The molecule has 1 heterocycles. The number of carbonyl (C=O) groups is 2. The molecule has 0 aliphatic heterocycles. The van der Waals surface area contributed by atoms with Gasteiger partial charge in [0.15, 0.2) is 0 Å². The van der Waals surface area contributed by atoms with Gasteiger partial charge in [0.1, 0.15) is 11.9 Å². The Morgan fingerprint density at radius 3 is 2.35 bits per heavy atom. The van der Waals surface area contributed by atoms with Crippen LogP contribution in [0.2, 0.25) is 5.02 Å². The number of ether oxygens (including phenoxy) is 1. The van der Waals surface area contributed by atoms with Crippen molar-refractivity contribution in [2.45, 2.75) is 46.6 Å². The van der Waals surface area contributed by atoms with Crippen LogP contribution in [0.4, 0.5) is 0 Å². The number of carboxylic acid groups (broad SMARTS) is 1. The van der Waals surface area contributed by atoms with Crippen molar-refractivity contribution in [2.24, 2.45) is 5.92 Å². The predicted molar refractivity (Wildman–Crippen MR) is 132 cm³/mol. The zero-order valence-corrected chi connectivity index (χ0v) is 20.6. The molecule has 0 bridgehead atoms. The Hall–Kier alpha value is -3.32. The molecule has 3 aromatic rings. The van der Waals surface area contributed by atoms with Gasteiger partial charge in [-0.2, -0.15) is 5.10 Å². The van der Waals surface area contributed by atoms with Crippen LogP contribution in [0.25, 0.3) is 5.69 Å². The van der Waals surface area contributed by atoms with E-state index in [0.29, 0.717) is 10.6 Å². The normalized spacial score (nSPS) is 12.7. The molecule has 2 atom stereocenters. The third-order valence-corrected chi connectivity index (χ3v) is 5.80. The van der Waals surface area contributed by atoms with E-state index in [4.69, 9.17) is 21.4 Å². The van der Waals surface area contributed by atoms with Crippen LogP contribution in [0.5, 0.6) is 5.75 Å². The van der Waals surface area contributed by atoms with Crippen molar-refractivity contribution in [3.8, 4) is 11.4 Å². The van der Waals surface area contributed by atoms with Crippen LogP contribution in [0, 0.1) is 19.8 Å². The van der Waals surface area contributed by atoms with Crippen LogP contribution < -0.4 is 10.1 Å². The number of rotatable bonds is 10. The van der Waals surface area contributed by atoms with Gasteiger partial charge in [0, 0.05) is 18.3 Å². The number of hydrogen-bond donors (Lipinski definition) is 2. The third-order valence-electron chi connectivity index (χ3n) is 5.61. The number of aryl methyl sites for hydroxylation is 2. The molecule has 2 aromatic carbocycles. The van der Waals surface area contributed by atoms with Gasteiger partial charge in [-0.1, -0.05) is 44.0 Å². The molecular formula is C26H30ClN3O4. The van der Waals surface area contributed by atoms with Gasteiger partial charge in [0.05, 0.1) is 22.8 Å². The van der Waals surface area contributed by atoms with Crippen molar-refractivity contribution in [1.82, 2.24) is 15.1 Å². The Bertz CT molecular complexity index is 1130. The largest absolute Gasteiger partial charge is 0.486 e. The first-order valence-corrected chi connectivity index (χ1v) is 11.7. The Labute approximate surface area is 204 Å². The van der Waals surface area contributed by atoms with Gasteiger partial charge < -0.3 is 15.2 Å². The number of halogens is 1. The van der Waals surface area contributed by atoms with Gasteiger partial charge in [-0.25, -0.2) is 4.68 Å². The van der Waals surface area contributed by atoms with Crippen molar-refractivity contribution in [3.63, 3.8) is 0 Å². The number of hydrogen-bond acceptors (Lipinski definition) is 4. The minimum Gasteiger partial charge on any atom is -0.486 e. The minimum atomic E-state index is -0.942. The highest BCUT2D eigenvalue weighted by Crippen LogP contribution is 2.31. The summed E-state index contributed by atoms with van der Waals surface area (Å²) < 4.78 is 8.15. The molecule has 0 saturated heterocycles. The lowest BCUT2D eigenvalue weighted by atomic mass is 10.0. The monoisotopic (exact) mass is 483 g/mol. The fraction of sp³-hybridized carbons (Fsp3) is 0.346. The number of nitrogens with one attached hydrogen (secondary N) is 1. The molecular weight excluding hydrogens is 454 g/mol. The van der Waals surface area contributed by atoms with Crippen LogP contribution in [0.1, 0.15) is 59.8 Å². The van der Waals surface area contributed by atoms with Crippen molar-refractivity contribution in [3.05, 3.63) is 76.1 Å². The van der Waals surface area contributed by atoms with E-state index in [1.165, 1.54) is 0 Å². The number of amides is 1. The number of nitrogens with zero attached hydrogens (tertiary/aromatic N) is 2. The molecule has 8 heteroatoms. The summed E-state index contributed by atoms with van der Waals surface area (Å²) in [5.74, 6) is -1.12. The topological polar surface area (TPSA) is 93.5 Å². The van der Waals surface area contributed by atoms with Crippen LogP contribution in [-0.2, 0) is 4.79 Å². The van der Waals surface area contributed by atoms with E-state index in [0.717, 1.165) is 41.0 Å². The van der Waals surface area contributed by atoms with Gasteiger partial charge >= 0.3 is 5.97 Å². The molecule has 1 amide bonds. The van der Waals surface area contributed by atoms with Crippen LogP contribution >= 0.6 is 11.6 Å². The summed E-state index contributed by atoms with van der Waals surface area (Å²) in [6.07, 6.45) is 4.96. The highest BCUT2D eigenvalue weighted by Gasteiger charge is 2.17. The zero-order chi connectivity index (χ0) is 24.8. The summed E-state index contributed by atoms with van der Waals surface area (Å²) >= 11 is 6.04. The number of benzene rings is 2. The molecule has 1 aromatic heterocycles. The molecule has 180 valence electrons. The van der Waals surface area contributed by atoms with E-state index in [1.807, 2.05) is 38.1 Å². The highest BCUT2D eigenvalue weighted by atomic mass is 35.5. The van der Waals surface area contributed by atoms with Crippen LogP contribution in [-0.4, -0.2) is 33.3 Å². The molecule has 0 radical (unpaired) electrons. The third kappa shape index (κ3) is 6.17. The molecule has 2 N–H and O–H groups in total. The van der Waals surface area contributed by atoms with Crippen molar-refractivity contribution >= 4 is 23.5 Å². The lowest BCUT2D eigenvalue weighted by Gasteiger charge is -2.21. The average Bonchev–Trinajstić information content (AvgIpc) is 3.22. The zero-order valence-electron chi connectivity index (χ0n) is 19.8. The molecule has 2 unspecified atom stereocenters. The Balaban J connectivity index is 1.75. The summed E-state index contributed by atoms with van der Waals surface area (Å²) in [6, 6.07) is 11.2. The predicted octanol–water partition coefficient (Wildman–Crippen LogP) is 5.51. The maximum Gasteiger partial charge on any atom is 0.308 e. The van der Waals surface area contributed by atoms with E-state index >= 15 is 0 Å². The molecule has 3 rings (SSSR count). The quantitative estimate of drug-likeness (QED) is 0.396. The highest BCUT2D eigenvalue weighted by molar-refractivity contribution is 6.30. The minimum absolute atomic E-state index is 0.0803. The van der Waals surface area contributed by atoms with Crippen molar-refractivity contribution in [2.75, 3.05) is 6.54 Å². The lowest BCUT2D eigenvalue weighted by Crippen LogP contribution is -2.31. The van der Waals surface area contributed by atoms with E-state index in [-0.39, 0.29) is 18.6 Å². The number of carbonyl (C=O) groups excluding carboxylic acids is 1. The van der Waals surface area contributed by atoms with E-state index in [9.17, 15) is 9.59 Å². The summed E-state index contributed by atoms with van der Waals surface area (Å²) in [6.45, 7) is 7.76. The second kappa shape index (κ2) is 11.2. The Morgan fingerprint density at radius 2 is 1.82 bits per heavy atom. The van der Waals surface area contributed by atoms with Crippen molar-refractivity contribution < 1.29 is 19.4 Å². The van der Waals surface area contributed by atoms with E-state index < -0.39 is 11.9 Å². The summed E-state index contributed by atoms with van der Waals surface area (Å²) in [5.41, 5.74) is 4.46. The fourth-order valence-electron chi connectivity index (χ4n) is 3.77. The maximum absolute atomic E-state index is 12.3. The first-order chi connectivity index (χ1) is 16.2. The number of aliphatic carboxylic acids is 1. The van der Waals surface area contributed by atoms with Crippen molar-refractivity contribution in [1.29, 1.82) is 0 Å². The van der Waals surface area contributed by atoms with Gasteiger partial charge in [0.25, 0.3) is 5.91 Å². The Morgan fingerprint density at radius 1 is 1.18 bits per heavy atom. The van der Waals surface area contributed by atoms with Crippen LogP contribution in [0.3, 0.4) is 0 Å². The lowest BCUT2D eigenvalue weighted by molar-refractivity contribution is -0.140.